The van der Waals surface area contributed by atoms with Crippen LogP contribution in [0, 0.1) is 0 Å². The number of methoxy groups -OCH3 is 3. The standard InChI is InChI=1S/2C10H12O2.C9H10O3.2C9H10O2.C8H8O3.6C2H6.CH4O.CH4/c2*1-8(10(11)12-2)9-6-4-3-5-7-9;1-12-9(11)8(10)7-5-3-2-4-6-7;2*1-7(9(10)11)8-5-3-2-4-6-8;9-7(8(10)11)6-4-2-1-3-5-6;7*1-2;/h2*3-8H,1-2H3;2-6,8,10H,1H3;2*2-7H,1H3,(H,10,11);1-5,7,9H,(H,10,11);6*1-2H3;2H,1H3;1H4. The Morgan fingerprint density at radius 1 is 0.286 bits per heavy atom. The molecule has 0 aliphatic carbocycles. The van der Waals surface area contributed by atoms with E-state index in [1.54, 1.807) is 68.4 Å². The number of carbonyl (C=O) groups excluding carboxylic acids is 3. The maximum absolute atomic E-state index is 11.1. The second kappa shape index (κ2) is 65.8. The molecule has 6 rings (SSSR count). The lowest BCUT2D eigenvalue weighted by Gasteiger charge is -2.08. The van der Waals surface area contributed by atoms with Crippen LogP contribution in [0.15, 0.2) is 182 Å². The Kier molecular flexibility index (Phi) is 72.5. The summed E-state index contributed by atoms with van der Waals surface area (Å²) in [7, 11) is 5.05. The third-order valence-corrected chi connectivity index (χ3v) is 9.94. The van der Waals surface area contributed by atoms with Crippen LogP contribution < -0.4 is 0 Å². The van der Waals surface area contributed by atoms with Crippen LogP contribution in [-0.2, 0) is 43.0 Å². The molecule has 15 nitrogen and oxygen atoms in total. The SMILES string of the molecule is C.CC.CC.CC.CC.CC.CC.CC(C(=O)O)c1ccccc1.CC(C(=O)O)c1ccccc1.CO.COC(=O)C(C)c1ccccc1.COC(=O)C(C)c1ccccc1.COC(=O)C(O)c1ccccc1.O=C(O)C(O)c1ccccc1. The smallest absolute Gasteiger partial charge is 0.339 e. The van der Waals surface area contributed by atoms with Gasteiger partial charge in [0.05, 0.1) is 45.0 Å². The average Bonchev–Trinajstić information content (AvgIpc) is 3.61. The number of hydrogen-bond donors (Lipinski definition) is 6. The molecule has 0 saturated carbocycles. The van der Waals surface area contributed by atoms with Gasteiger partial charge in [-0.1, -0.05) is 273 Å². The Morgan fingerprint density at radius 3 is 0.619 bits per heavy atom. The summed E-state index contributed by atoms with van der Waals surface area (Å²) in [4.78, 5) is 64.3. The van der Waals surface area contributed by atoms with E-state index in [4.69, 9.17) is 25.5 Å². The minimum absolute atomic E-state index is 0. The van der Waals surface area contributed by atoms with E-state index in [0.29, 0.717) is 11.1 Å². The lowest BCUT2D eigenvalue weighted by molar-refractivity contribution is -0.151. The topological polar surface area (TPSA) is 251 Å². The lowest BCUT2D eigenvalue weighted by Crippen LogP contribution is -2.13. The quantitative estimate of drug-likeness (QED) is 0.0492. The highest BCUT2D eigenvalue weighted by Gasteiger charge is 2.18. The molecule has 84 heavy (non-hydrogen) atoms. The molecule has 6 N–H and O–H groups in total. The van der Waals surface area contributed by atoms with Crippen LogP contribution in [0.4, 0.5) is 0 Å². The zero-order valence-electron chi connectivity index (χ0n) is 53.1. The number of hydrogen-bond acceptors (Lipinski definition) is 12. The first-order valence-corrected chi connectivity index (χ1v) is 27.9. The maximum Gasteiger partial charge on any atom is 0.339 e. The van der Waals surface area contributed by atoms with E-state index in [0.717, 1.165) is 29.4 Å². The Balaban J connectivity index is -0.000000131. The van der Waals surface area contributed by atoms with Gasteiger partial charge in [0.25, 0.3) is 0 Å². The number of carbonyl (C=O) groups is 6. The van der Waals surface area contributed by atoms with Crippen molar-refractivity contribution in [1.29, 1.82) is 0 Å². The Bertz CT molecular complexity index is 2100. The molecule has 0 aromatic heterocycles. The Hall–Kier alpha value is -7.98. The molecule has 0 radical (unpaired) electrons. The van der Waals surface area contributed by atoms with Gasteiger partial charge in [0.1, 0.15) is 0 Å². The lowest BCUT2D eigenvalue weighted by atomic mass is 10.0. The van der Waals surface area contributed by atoms with Crippen molar-refractivity contribution < 1.29 is 73.6 Å². The van der Waals surface area contributed by atoms with Crippen LogP contribution >= 0.6 is 0 Å². The van der Waals surface area contributed by atoms with Crippen molar-refractivity contribution in [1.82, 2.24) is 0 Å². The predicted molar refractivity (Wildman–Crippen MR) is 344 cm³/mol. The highest BCUT2D eigenvalue weighted by atomic mass is 16.5. The van der Waals surface area contributed by atoms with E-state index in [9.17, 15) is 33.9 Å². The van der Waals surface area contributed by atoms with Crippen molar-refractivity contribution in [3.05, 3.63) is 215 Å². The van der Waals surface area contributed by atoms with Gasteiger partial charge in [0.15, 0.2) is 12.2 Å². The average molecular weight is 1180 g/mol. The van der Waals surface area contributed by atoms with Gasteiger partial charge in [-0.2, -0.15) is 0 Å². The molecule has 472 valence electrons. The molecule has 6 aromatic rings. The van der Waals surface area contributed by atoms with Gasteiger partial charge < -0.3 is 44.8 Å². The largest absolute Gasteiger partial charge is 0.481 e. The van der Waals surface area contributed by atoms with E-state index < -0.39 is 47.9 Å². The first-order valence-electron chi connectivity index (χ1n) is 27.9. The molecule has 0 saturated heterocycles. The molecule has 6 aromatic carbocycles. The second-order valence-electron chi connectivity index (χ2n) is 14.7. The third-order valence-electron chi connectivity index (χ3n) is 9.94. The summed E-state index contributed by atoms with van der Waals surface area (Å²) in [5.74, 6) is -4.97. The van der Waals surface area contributed by atoms with Crippen LogP contribution in [0.5, 0.6) is 0 Å². The fourth-order valence-electron chi connectivity index (χ4n) is 5.54. The number of aliphatic hydroxyl groups is 3. The minimum atomic E-state index is -1.41. The molecule has 0 aliphatic heterocycles. The third kappa shape index (κ3) is 44.6. The molecule has 0 amide bonds. The molecule has 6 unspecified atom stereocenters. The van der Waals surface area contributed by atoms with Gasteiger partial charge in [-0.05, 0) is 61.1 Å². The van der Waals surface area contributed by atoms with Crippen molar-refractivity contribution in [3.63, 3.8) is 0 Å². The fourth-order valence-corrected chi connectivity index (χ4v) is 5.54. The number of esters is 3. The van der Waals surface area contributed by atoms with Crippen molar-refractivity contribution in [2.24, 2.45) is 0 Å². The molecule has 0 heterocycles. The minimum Gasteiger partial charge on any atom is -0.481 e. The number of benzene rings is 6. The number of aliphatic hydroxyl groups excluding tert-OH is 3. The summed E-state index contributed by atoms with van der Waals surface area (Å²) < 4.78 is 13.6. The highest BCUT2D eigenvalue weighted by molar-refractivity contribution is 5.78. The summed E-state index contributed by atoms with van der Waals surface area (Å²) in [6.07, 6.45) is -2.58. The van der Waals surface area contributed by atoms with Gasteiger partial charge in [0, 0.05) is 7.11 Å². The number of rotatable bonds is 12. The molecule has 0 fully saturated rings. The monoisotopic (exact) mass is 1170 g/mol. The summed E-state index contributed by atoms with van der Waals surface area (Å²) >= 11 is 0. The first-order chi connectivity index (χ1) is 39.9. The van der Waals surface area contributed by atoms with Gasteiger partial charge in [-0.3, -0.25) is 19.2 Å². The number of ether oxygens (including phenoxy) is 3. The van der Waals surface area contributed by atoms with Crippen molar-refractivity contribution >= 4 is 35.8 Å². The molecule has 0 spiro atoms. The molecule has 15 heteroatoms. The van der Waals surface area contributed by atoms with Crippen LogP contribution in [0.1, 0.15) is 187 Å². The van der Waals surface area contributed by atoms with E-state index in [1.807, 2.05) is 224 Å². The zero-order chi connectivity index (χ0) is 65.7. The molecule has 6 atom stereocenters. The van der Waals surface area contributed by atoms with Crippen molar-refractivity contribution in [2.45, 2.75) is 154 Å². The fraction of sp³-hybridized carbons (Fsp3) is 0.391. The van der Waals surface area contributed by atoms with Gasteiger partial charge in [-0.15, -0.1) is 0 Å². The molecular formula is C69H106O15. The van der Waals surface area contributed by atoms with E-state index in [2.05, 4.69) is 14.2 Å². The van der Waals surface area contributed by atoms with E-state index in [1.165, 1.54) is 21.3 Å². The van der Waals surface area contributed by atoms with Crippen LogP contribution in [-0.4, -0.2) is 94.9 Å². The summed E-state index contributed by atoms with van der Waals surface area (Å²) in [5, 5.41) is 51.0. The summed E-state index contributed by atoms with van der Waals surface area (Å²) in [5.41, 5.74) is 4.62. The van der Waals surface area contributed by atoms with E-state index in [-0.39, 0.29) is 31.2 Å². The highest BCUT2D eigenvalue weighted by Crippen LogP contribution is 2.18. The van der Waals surface area contributed by atoms with Gasteiger partial charge in [0.2, 0.25) is 0 Å². The van der Waals surface area contributed by atoms with Gasteiger partial charge >= 0.3 is 35.8 Å². The van der Waals surface area contributed by atoms with Crippen LogP contribution in [0.3, 0.4) is 0 Å². The Labute approximate surface area is 505 Å². The zero-order valence-corrected chi connectivity index (χ0v) is 53.1. The molecular weight excluding hydrogens is 1070 g/mol. The summed E-state index contributed by atoms with van der Waals surface area (Å²) in [6, 6.07) is 54.5. The van der Waals surface area contributed by atoms with E-state index >= 15 is 0 Å². The second-order valence-corrected chi connectivity index (χ2v) is 14.7. The molecule has 0 aliphatic rings. The number of carboxylic acids is 3. The maximum atomic E-state index is 11.1. The first kappa shape index (κ1) is 92.5. The van der Waals surface area contributed by atoms with Gasteiger partial charge in [-0.25, -0.2) is 9.59 Å². The van der Waals surface area contributed by atoms with Crippen molar-refractivity contribution in [2.75, 3.05) is 28.4 Å². The predicted octanol–water partition coefficient (Wildman–Crippen LogP) is 15.8. The summed E-state index contributed by atoms with van der Waals surface area (Å²) in [6.45, 7) is 31.0. The Morgan fingerprint density at radius 2 is 0.452 bits per heavy atom. The van der Waals surface area contributed by atoms with Crippen LogP contribution in [0.2, 0.25) is 0 Å². The normalized spacial score (nSPS) is 10.6. The number of carboxylic acid groups (broad SMARTS) is 3. The van der Waals surface area contributed by atoms with Crippen LogP contribution in [0.25, 0.3) is 0 Å². The van der Waals surface area contributed by atoms with Crippen molar-refractivity contribution in [3.8, 4) is 0 Å². The molecule has 0 bridgehead atoms. The number of aliphatic carboxylic acids is 3.